The molecule has 0 bridgehead atoms. The molecule has 1 saturated heterocycles. The minimum Gasteiger partial charge on any atom is -0.391 e. The molecule has 2 heterocycles. The smallest absolute Gasteiger partial charge is 0.137 e. The molecule has 1 fully saturated rings. The van der Waals surface area contributed by atoms with Crippen LogP contribution in [0.25, 0.3) is 0 Å². The number of aliphatic hydroxyl groups excluding tert-OH is 1. The summed E-state index contributed by atoms with van der Waals surface area (Å²) >= 11 is 0. The van der Waals surface area contributed by atoms with E-state index in [1.807, 2.05) is 20.9 Å². The molecule has 0 aromatic carbocycles. The highest BCUT2D eigenvalue weighted by Gasteiger charge is 2.23. The van der Waals surface area contributed by atoms with Crippen molar-refractivity contribution >= 4 is 11.6 Å². The van der Waals surface area contributed by atoms with E-state index < -0.39 is 0 Å². The van der Waals surface area contributed by atoms with Gasteiger partial charge in [0.1, 0.15) is 17.5 Å². The fourth-order valence-electron chi connectivity index (χ4n) is 2.10. The number of aliphatic hydroxyl groups is 1. The summed E-state index contributed by atoms with van der Waals surface area (Å²) in [5.41, 5.74) is 1.04. The Hall–Kier alpha value is -1.36. The molecule has 0 amide bonds. The lowest BCUT2D eigenvalue weighted by atomic mass is 10.3. The van der Waals surface area contributed by atoms with Crippen LogP contribution in [0, 0.1) is 13.8 Å². The van der Waals surface area contributed by atoms with Crippen molar-refractivity contribution in [3.05, 3.63) is 11.4 Å². The molecule has 1 aromatic rings. The summed E-state index contributed by atoms with van der Waals surface area (Å²) in [5.74, 6) is 2.56. The number of hydrogen-bond donors (Lipinski definition) is 2. The summed E-state index contributed by atoms with van der Waals surface area (Å²) in [6, 6.07) is 0. The first-order chi connectivity index (χ1) is 7.61. The van der Waals surface area contributed by atoms with E-state index >= 15 is 0 Å². The minimum absolute atomic E-state index is 0.229. The summed E-state index contributed by atoms with van der Waals surface area (Å²) in [6.45, 7) is 5.42. The summed E-state index contributed by atoms with van der Waals surface area (Å²) in [6.07, 6.45) is 0.588. The van der Waals surface area contributed by atoms with E-state index in [1.54, 1.807) is 0 Å². The monoisotopic (exact) mass is 222 g/mol. The molecule has 5 nitrogen and oxygen atoms in total. The van der Waals surface area contributed by atoms with Crippen LogP contribution in [0.1, 0.15) is 17.8 Å². The molecule has 2 N–H and O–H groups in total. The number of hydrogen-bond acceptors (Lipinski definition) is 5. The average molecular weight is 222 g/mol. The Kier molecular flexibility index (Phi) is 2.96. The molecule has 0 aliphatic carbocycles. The van der Waals surface area contributed by atoms with Crippen molar-refractivity contribution in [2.24, 2.45) is 0 Å². The van der Waals surface area contributed by atoms with Gasteiger partial charge in [-0.1, -0.05) is 0 Å². The van der Waals surface area contributed by atoms with Crippen LogP contribution in [-0.2, 0) is 0 Å². The maximum Gasteiger partial charge on any atom is 0.137 e. The van der Waals surface area contributed by atoms with E-state index in [-0.39, 0.29) is 6.10 Å². The highest BCUT2D eigenvalue weighted by Crippen LogP contribution is 2.26. The van der Waals surface area contributed by atoms with Crippen LogP contribution in [-0.4, -0.2) is 41.3 Å². The third kappa shape index (κ3) is 1.95. The lowest BCUT2D eigenvalue weighted by molar-refractivity contribution is 0.198. The highest BCUT2D eigenvalue weighted by atomic mass is 16.3. The maximum absolute atomic E-state index is 9.55. The van der Waals surface area contributed by atoms with Crippen LogP contribution in [0.4, 0.5) is 11.6 Å². The number of anilines is 2. The first kappa shape index (κ1) is 11.1. The molecule has 0 radical (unpaired) electrons. The Labute approximate surface area is 95.5 Å². The van der Waals surface area contributed by atoms with Gasteiger partial charge in [0.15, 0.2) is 0 Å². The Bertz CT molecular complexity index is 394. The van der Waals surface area contributed by atoms with Gasteiger partial charge < -0.3 is 15.3 Å². The first-order valence-corrected chi connectivity index (χ1v) is 5.58. The largest absolute Gasteiger partial charge is 0.391 e. The molecule has 88 valence electrons. The lowest BCUT2D eigenvalue weighted by Gasteiger charge is -2.20. The molecule has 16 heavy (non-hydrogen) atoms. The van der Waals surface area contributed by atoms with Crippen LogP contribution in [0.2, 0.25) is 0 Å². The lowest BCUT2D eigenvalue weighted by Crippen LogP contribution is -2.24. The summed E-state index contributed by atoms with van der Waals surface area (Å²) in [7, 11) is 1.86. The Morgan fingerprint density at radius 3 is 2.69 bits per heavy atom. The predicted molar refractivity (Wildman–Crippen MR) is 63.9 cm³/mol. The molecule has 0 saturated carbocycles. The summed E-state index contributed by atoms with van der Waals surface area (Å²) < 4.78 is 0. The van der Waals surface area contributed by atoms with Crippen molar-refractivity contribution < 1.29 is 5.11 Å². The van der Waals surface area contributed by atoms with Gasteiger partial charge in [-0.15, -0.1) is 0 Å². The zero-order chi connectivity index (χ0) is 11.7. The second-order valence-electron chi connectivity index (χ2n) is 4.21. The van der Waals surface area contributed by atoms with Crippen LogP contribution < -0.4 is 10.2 Å². The quantitative estimate of drug-likeness (QED) is 0.771. The van der Waals surface area contributed by atoms with Gasteiger partial charge in [-0.25, -0.2) is 9.97 Å². The SMILES string of the molecule is CNc1nc(C)nc(N2CCC(O)C2)c1C. The standard InChI is InChI=1S/C11H18N4O/c1-7-10(12-3)13-8(2)14-11(7)15-5-4-9(16)6-15/h9,16H,4-6H2,1-3H3,(H,12,13,14). The van der Waals surface area contributed by atoms with Crippen molar-refractivity contribution in [1.29, 1.82) is 0 Å². The molecule has 0 spiro atoms. The normalized spacial score (nSPS) is 20.2. The fourth-order valence-corrected chi connectivity index (χ4v) is 2.10. The Morgan fingerprint density at radius 2 is 2.12 bits per heavy atom. The number of aromatic nitrogens is 2. The topological polar surface area (TPSA) is 61.3 Å². The number of nitrogens with zero attached hydrogens (tertiary/aromatic N) is 3. The Balaban J connectivity index is 2.36. The second kappa shape index (κ2) is 4.25. The van der Waals surface area contributed by atoms with Crippen LogP contribution in [0.5, 0.6) is 0 Å². The van der Waals surface area contributed by atoms with Gasteiger partial charge in [0.2, 0.25) is 0 Å². The zero-order valence-corrected chi connectivity index (χ0v) is 9.99. The predicted octanol–water partition coefficient (Wildman–Crippen LogP) is 0.706. The molecule has 1 aliphatic rings. The second-order valence-corrected chi connectivity index (χ2v) is 4.21. The van der Waals surface area contributed by atoms with Crippen molar-refractivity contribution in [2.45, 2.75) is 26.4 Å². The van der Waals surface area contributed by atoms with Gasteiger partial charge in [-0.3, -0.25) is 0 Å². The molecule has 5 heteroatoms. The van der Waals surface area contributed by atoms with Crippen molar-refractivity contribution in [3.63, 3.8) is 0 Å². The first-order valence-electron chi connectivity index (χ1n) is 5.58. The minimum atomic E-state index is -0.229. The summed E-state index contributed by atoms with van der Waals surface area (Å²) in [4.78, 5) is 10.9. The van der Waals surface area contributed by atoms with E-state index in [2.05, 4.69) is 20.2 Å². The average Bonchev–Trinajstić information content (AvgIpc) is 2.67. The van der Waals surface area contributed by atoms with Crippen molar-refractivity contribution in [1.82, 2.24) is 9.97 Å². The van der Waals surface area contributed by atoms with Gasteiger partial charge in [0.05, 0.1) is 6.10 Å². The molecular formula is C11H18N4O. The highest BCUT2D eigenvalue weighted by molar-refractivity contribution is 5.58. The van der Waals surface area contributed by atoms with Crippen molar-refractivity contribution in [2.75, 3.05) is 30.4 Å². The van der Waals surface area contributed by atoms with Gasteiger partial charge in [0.25, 0.3) is 0 Å². The van der Waals surface area contributed by atoms with E-state index in [9.17, 15) is 5.11 Å². The van der Waals surface area contributed by atoms with Gasteiger partial charge in [-0.2, -0.15) is 0 Å². The van der Waals surface area contributed by atoms with Crippen LogP contribution in [0.15, 0.2) is 0 Å². The fraction of sp³-hybridized carbons (Fsp3) is 0.636. The van der Waals surface area contributed by atoms with Gasteiger partial charge >= 0.3 is 0 Å². The van der Waals surface area contributed by atoms with E-state index in [1.165, 1.54) is 0 Å². The van der Waals surface area contributed by atoms with Crippen LogP contribution >= 0.6 is 0 Å². The van der Waals surface area contributed by atoms with E-state index in [0.717, 1.165) is 36.0 Å². The molecule has 1 aromatic heterocycles. The molecule has 1 atom stereocenters. The molecule has 1 aliphatic heterocycles. The number of rotatable bonds is 2. The third-order valence-corrected chi connectivity index (χ3v) is 2.93. The van der Waals surface area contributed by atoms with Gasteiger partial charge in [-0.05, 0) is 20.3 Å². The van der Waals surface area contributed by atoms with Gasteiger partial charge in [0, 0.05) is 25.7 Å². The maximum atomic E-state index is 9.55. The number of aryl methyl sites for hydroxylation is 1. The summed E-state index contributed by atoms with van der Waals surface area (Å²) in [5, 5.41) is 12.6. The van der Waals surface area contributed by atoms with E-state index in [0.29, 0.717) is 6.54 Å². The zero-order valence-electron chi connectivity index (χ0n) is 9.99. The Morgan fingerprint density at radius 1 is 1.38 bits per heavy atom. The number of nitrogens with one attached hydrogen (secondary N) is 1. The third-order valence-electron chi connectivity index (χ3n) is 2.93. The van der Waals surface area contributed by atoms with E-state index in [4.69, 9.17) is 0 Å². The number of β-amino-alcohol motifs (C(OH)–C–C–N with tert-alkyl or cyclic N) is 1. The molecule has 1 unspecified atom stereocenters. The molecule has 2 rings (SSSR count). The molecular weight excluding hydrogens is 204 g/mol. The van der Waals surface area contributed by atoms with Crippen LogP contribution in [0.3, 0.4) is 0 Å². The van der Waals surface area contributed by atoms with Crippen molar-refractivity contribution in [3.8, 4) is 0 Å².